The third-order valence-corrected chi connectivity index (χ3v) is 3.72. The van der Waals surface area contributed by atoms with Crippen LogP contribution in [0.15, 0.2) is 24.5 Å². The monoisotopic (exact) mass is 311 g/mol. The molecule has 2 N–H and O–H groups in total. The predicted molar refractivity (Wildman–Crippen MR) is 84.7 cm³/mol. The van der Waals surface area contributed by atoms with Crippen LogP contribution >= 0.6 is 0 Å². The second-order valence-electron chi connectivity index (χ2n) is 5.25. The average Bonchev–Trinajstić information content (AvgIpc) is 2.95. The van der Waals surface area contributed by atoms with E-state index in [1.165, 1.54) is 6.33 Å². The first kappa shape index (κ1) is 15.0. The SMILES string of the molecule is CCc1c(C)nc2ncnn2c1Oc1ccc(C(N)=O)c(C)c1. The van der Waals surface area contributed by atoms with Crippen molar-refractivity contribution in [3.05, 3.63) is 46.9 Å². The van der Waals surface area contributed by atoms with Crippen LogP contribution < -0.4 is 10.5 Å². The number of aromatic nitrogens is 4. The van der Waals surface area contributed by atoms with Crippen LogP contribution in [-0.2, 0) is 6.42 Å². The van der Waals surface area contributed by atoms with Crippen LogP contribution in [-0.4, -0.2) is 25.5 Å². The van der Waals surface area contributed by atoms with Crippen molar-refractivity contribution < 1.29 is 9.53 Å². The molecule has 2 aromatic heterocycles. The Morgan fingerprint density at radius 2 is 2.13 bits per heavy atom. The van der Waals surface area contributed by atoms with Crippen LogP contribution in [0.1, 0.15) is 34.1 Å². The lowest BCUT2D eigenvalue weighted by molar-refractivity contribution is 0.0999. The topological polar surface area (TPSA) is 95.4 Å². The lowest BCUT2D eigenvalue weighted by Gasteiger charge is -2.14. The van der Waals surface area contributed by atoms with Gasteiger partial charge in [-0.25, -0.2) is 4.98 Å². The molecule has 2 heterocycles. The van der Waals surface area contributed by atoms with E-state index >= 15 is 0 Å². The van der Waals surface area contributed by atoms with E-state index in [1.807, 2.05) is 20.8 Å². The number of nitrogens with zero attached hydrogens (tertiary/aromatic N) is 4. The van der Waals surface area contributed by atoms with Gasteiger partial charge in [0.05, 0.1) is 0 Å². The van der Waals surface area contributed by atoms with E-state index in [0.29, 0.717) is 23.0 Å². The summed E-state index contributed by atoms with van der Waals surface area (Å²) in [5.74, 6) is 1.21. The molecule has 7 heteroatoms. The maximum absolute atomic E-state index is 11.3. The maximum Gasteiger partial charge on any atom is 0.255 e. The van der Waals surface area contributed by atoms with Crippen LogP contribution in [0.5, 0.6) is 11.6 Å². The van der Waals surface area contributed by atoms with E-state index in [-0.39, 0.29) is 0 Å². The summed E-state index contributed by atoms with van der Waals surface area (Å²) in [6, 6.07) is 5.15. The first-order chi connectivity index (χ1) is 11.0. The highest BCUT2D eigenvalue weighted by molar-refractivity contribution is 5.94. The number of carbonyl (C=O) groups excluding carboxylic acids is 1. The largest absolute Gasteiger partial charge is 0.438 e. The van der Waals surface area contributed by atoms with E-state index in [1.54, 1.807) is 22.7 Å². The number of aryl methyl sites for hydroxylation is 2. The van der Waals surface area contributed by atoms with Gasteiger partial charge in [-0.15, -0.1) is 0 Å². The molecule has 3 aromatic rings. The Balaban J connectivity index is 2.09. The molecule has 0 saturated heterocycles. The fraction of sp³-hybridized carbons (Fsp3) is 0.250. The molecule has 0 saturated carbocycles. The van der Waals surface area contributed by atoms with Crippen LogP contribution in [0, 0.1) is 13.8 Å². The molecule has 0 fully saturated rings. The van der Waals surface area contributed by atoms with Gasteiger partial charge in [0.15, 0.2) is 0 Å². The number of hydrogen-bond acceptors (Lipinski definition) is 5. The van der Waals surface area contributed by atoms with Gasteiger partial charge in [-0.05, 0) is 44.0 Å². The lowest BCUT2D eigenvalue weighted by Crippen LogP contribution is -2.12. The normalized spacial score (nSPS) is 10.9. The van der Waals surface area contributed by atoms with Crippen LogP contribution in [0.3, 0.4) is 0 Å². The molecular weight excluding hydrogens is 294 g/mol. The number of nitrogens with two attached hydrogens (primary N) is 1. The number of carbonyl (C=O) groups is 1. The summed E-state index contributed by atoms with van der Waals surface area (Å²) >= 11 is 0. The minimum absolute atomic E-state index is 0.457. The highest BCUT2D eigenvalue weighted by atomic mass is 16.5. The Hall–Kier alpha value is -2.96. The maximum atomic E-state index is 11.3. The molecule has 7 nitrogen and oxygen atoms in total. The molecular formula is C16H17N5O2. The van der Waals surface area contributed by atoms with Crippen molar-refractivity contribution in [2.24, 2.45) is 5.73 Å². The second kappa shape index (κ2) is 5.68. The first-order valence-corrected chi connectivity index (χ1v) is 7.28. The van der Waals surface area contributed by atoms with Crippen molar-refractivity contribution in [3.63, 3.8) is 0 Å². The van der Waals surface area contributed by atoms with Crippen molar-refractivity contribution in [2.75, 3.05) is 0 Å². The molecule has 0 aliphatic heterocycles. The number of ether oxygens (including phenoxy) is 1. The molecule has 1 amide bonds. The van der Waals surface area contributed by atoms with Crippen LogP contribution in [0.2, 0.25) is 0 Å². The second-order valence-corrected chi connectivity index (χ2v) is 5.25. The Morgan fingerprint density at radius 1 is 1.35 bits per heavy atom. The Bertz CT molecular complexity index is 901. The zero-order valence-corrected chi connectivity index (χ0v) is 13.2. The summed E-state index contributed by atoms with van der Waals surface area (Å²) in [5.41, 5.74) is 8.38. The van der Waals surface area contributed by atoms with Crippen LogP contribution in [0.25, 0.3) is 5.78 Å². The predicted octanol–water partition coefficient (Wildman–Crippen LogP) is 2.19. The molecule has 118 valence electrons. The molecule has 0 aliphatic rings. The molecule has 0 bridgehead atoms. The van der Waals surface area contributed by atoms with Crippen molar-refractivity contribution in [3.8, 4) is 11.6 Å². The van der Waals surface area contributed by atoms with Gasteiger partial charge in [0, 0.05) is 16.8 Å². The Labute approximate surface area is 133 Å². The fourth-order valence-corrected chi connectivity index (χ4v) is 2.55. The summed E-state index contributed by atoms with van der Waals surface area (Å²) < 4.78 is 7.61. The number of hydrogen-bond donors (Lipinski definition) is 1. The molecule has 23 heavy (non-hydrogen) atoms. The summed E-state index contributed by atoms with van der Waals surface area (Å²) in [6.07, 6.45) is 2.19. The van der Waals surface area contributed by atoms with E-state index in [0.717, 1.165) is 23.2 Å². The zero-order valence-electron chi connectivity index (χ0n) is 13.2. The highest BCUT2D eigenvalue weighted by Crippen LogP contribution is 2.28. The minimum atomic E-state index is -0.457. The van der Waals surface area contributed by atoms with Crippen LogP contribution in [0.4, 0.5) is 0 Å². The fourth-order valence-electron chi connectivity index (χ4n) is 2.55. The first-order valence-electron chi connectivity index (χ1n) is 7.28. The van der Waals surface area contributed by atoms with Gasteiger partial charge in [0.1, 0.15) is 12.1 Å². The molecule has 3 rings (SSSR count). The van der Waals surface area contributed by atoms with Gasteiger partial charge in [-0.3, -0.25) is 4.79 Å². The molecule has 0 unspecified atom stereocenters. The zero-order chi connectivity index (χ0) is 16.6. The average molecular weight is 311 g/mol. The lowest BCUT2D eigenvalue weighted by atomic mass is 10.1. The molecule has 1 aromatic carbocycles. The van der Waals surface area contributed by atoms with E-state index < -0.39 is 5.91 Å². The third-order valence-electron chi connectivity index (χ3n) is 3.72. The number of fused-ring (bicyclic) bond motifs is 1. The summed E-state index contributed by atoms with van der Waals surface area (Å²) in [5, 5.41) is 4.18. The van der Waals surface area contributed by atoms with Gasteiger partial charge in [0.2, 0.25) is 11.8 Å². The quantitative estimate of drug-likeness (QED) is 0.797. The van der Waals surface area contributed by atoms with Gasteiger partial charge in [0.25, 0.3) is 5.78 Å². The molecule has 0 spiro atoms. The number of rotatable bonds is 4. The van der Waals surface area contributed by atoms with Crippen molar-refractivity contribution in [1.82, 2.24) is 19.6 Å². The third kappa shape index (κ3) is 2.61. The van der Waals surface area contributed by atoms with Gasteiger partial charge >= 0.3 is 0 Å². The van der Waals surface area contributed by atoms with Gasteiger partial charge in [-0.1, -0.05) is 6.92 Å². The smallest absolute Gasteiger partial charge is 0.255 e. The standard InChI is InChI=1S/C16H17N5O2/c1-4-12-10(3)20-16-18-8-19-21(16)15(12)23-11-5-6-13(14(17)22)9(2)7-11/h5-8H,4H2,1-3H3,(H2,17,22). The van der Waals surface area contributed by atoms with Crippen molar-refractivity contribution in [2.45, 2.75) is 27.2 Å². The minimum Gasteiger partial charge on any atom is -0.438 e. The molecule has 0 aliphatic carbocycles. The number of benzene rings is 1. The Kier molecular flexibility index (Phi) is 3.69. The summed E-state index contributed by atoms with van der Waals surface area (Å²) in [4.78, 5) is 19.9. The Morgan fingerprint density at radius 3 is 2.78 bits per heavy atom. The van der Waals surface area contributed by atoms with E-state index in [2.05, 4.69) is 15.1 Å². The number of amides is 1. The molecule has 0 radical (unpaired) electrons. The molecule has 0 atom stereocenters. The highest BCUT2D eigenvalue weighted by Gasteiger charge is 2.16. The van der Waals surface area contributed by atoms with Gasteiger partial charge in [-0.2, -0.15) is 14.6 Å². The number of primary amides is 1. The van der Waals surface area contributed by atoms with Crippen molar-refractivity contribution >= 4 is 11.7 Å². The van der Waals surface area contributed by atoms with E-state index in [9.17, 15) is 4.79 Å². The summed E-state index contributed by atoms with van der Waals surface area (Å²) in [7, 11) is 0. The summed E-state index contributed by atoms with van der Waals surface area (Å²) in [6.45, 7) is 5.76. The van der Waals surface area contributed by atoms with Gasteiger partial charge < -0.3 is 10.5 Å². The van der Waals surface area contributed by atoms with Crippen molar-refractivity contribution in [1.29, 1.82) is 0 Å². The van der Waals surface area contributed by atoms with E-state index in [4.69, 9.17) is 10.5 Å².